The van der Waals surface area contributed by atoms with Crippen molar-refractivity contribution in [1.29, 1.82) is 5.26 Å². The molecular weight excluding hydrogens is 270 g/mol. The van der Waals surface area contributed by atoms with Gasteiger partial charge < -0.3 is 5.32 Å². The van der Waals surface area contributed by atoms with Crippen LogP contribution in [0.4, 0.5) is 11.4 Å². The van der Waals surface area contributed by atoms with Crippen molar-refractivity contribution in [2.24, 2.45) is 0 Å². The second kappa shape index (κ2) is 5.20. The zero-order chi connectivity index (χ0) is 13.9. The third-order valence-electron chi connectivity index (χ3n) is 3.00. The van der Waals surface area contributed by atoms with Gasteiger partial charge in [-0.25, -0.2) is 0 Å². The molecule has 0 atom stereocenters. The van der Waals surface area contributed by atoms with Crippen molar-refractivity contribution >= 4 is 33.9 Å². The standard InChI is InChI=1S/C16H10ClN3/c17-12-3-6-15-14(9-12)16(7-8-19-15)20-13-4-1-11(10-18)2-5-13/h1-9H,(H,19,20). The maximum atomic E-state index is 8.80. The summed E-state index contributed by atoms with van der Waals surface area (Å²) in [5.41, 5.74) is 3.37. The Kier molecular flexibility index (Phi) is 3.24. The molecule has 3 nitrogen and oxygen atoms in total. The van der Waals surface area contributed by atoms with Crippen LogP contribution < -0.4 is 5.32 Å². The van der Waals surface area contributed by atoms with Crippen molar-refractivity contribution in [1.82, 2.24) is 4.98 Å². The molecule has 0 saturated carbocycles. The average Bonchev–Trinajstić information content (AvgIpc) is 2.49. The predicted molar refractivity (Wildman–Crippen MR) is 81.2 cm³/mol. The number of hydrogen-bond donors (Lipinski definition) is 1. The van der Waals surface area contributed by atoms with Crippen LogP contribution in [-0.2, 0) is 0 Å². The maximum absolute atomic E-state index is 8.80. The Labute approximate surface area is 121 Å². The van der Waals surface area contributed by atoms with Gasteiger partial charge in [-0.2, -0.15) is 5.26 Å². The summed E-state index contributed by atoms with van der Waals surface area (Å²) in [5, 5.41) is 13.8. The Morgan fingerprint density at radius 1 is 1.05 bits per heavy atom. The van der Waals surface area contributed by atoms with Crippen molar-refractivity contribution in [2.75, 3.05) is 5.32 Å². The van der Waals surface area contributed by atoms with E-state index in [-0.39, 0.29) is 0 Å². The highest BCUT2D eigenvalue weighted by Crippen LogP contribution is 2.27. The van der Waals surface area contributed by atoms with Gasteiger partial charge in [0, 0.05) is 28.0 Å². The monoisotopic (exact) mass is 279 g/mol. The Morgan fingerprint density at radius 3 is 2.60 bits per heavy atom. The summed E-state index contributed by atoms with van der Waals surface area (Å²) in [6, 6.07) is 16.9. The summed E-state index contributed by atoms with van der Waals surface area (Å²) in [6.45, 7) is 0. The van der Waals surface area contributed by atoms with Crippen LogP contribution in [0.15, 0.2) is 54.7 Å². The lowest BCUT2D eigenvalue weighted by Gasteiger charge is -2.09. The SMILES string of the molecule is N#Cc1ccc(Nc2ccnc3ccc(Cl)cc23)cc1. The Morgan fingerprint density at radius 2 is 1.85 bits per heavy atom. The summed E-state index contributed by atoms with van der Waals surface area (Å²) in [5.74, 6) is 0. The van der Waals surface area contributed by atoms with Gasteiger partial charge in [-0.3, -0.25) is 4.98 Å². The molecule has 0 aliphatic heterocycles. The molecule has 0 amide bonds. The lowest BCUT2D eigenvalue weighted by molar-refractivity contribution is 1.40. The van der Waals surface area contributed by atoms with Crippen LogP contribution in [0.3, 0.4) is 0 Å². The van der Waals surface area contributed by atoms with E-state index in [1.165, 1.54) is 0 Å². The van der Waals surface area contributed by atoms with Crippen molar-refractivity contribution in [3.8, 4) is 6.07 Å². The fourth-order valence-electron chi connectivity index (χ4n) is 2.01. The third kappa shape index (κ3) is 2.42. The molecule has 0 aliphatic carbocycles. The van der Waals surface area contributed by atoms with Gasteiger partial charge >= 0.3 is 0 Å². The lowest BCUT2D eigenvalue weighted by Crippen LogP contribution is -1.92. The van der Waals surface area contributed by atoms with Crippen LogP contribution in [0.5, 0.6) is 0 Å². The number of fused-ring (bicyclic) bond motifs is 1. The lowest BCUT2D eigenvalue weighted by atomic mass is 10.1. The van der Waals surface area contributed by atoms with E-state index in [0.29, 0.717) is 10.6 Å². The molecule has 0 spiro atoms. The van der Waals surface area contributed by atoms with Crippen LogP contribution in [0.25, 0.3) is 10.9 Å². The molecule has 0 saturated heterocycles. The zero-order valence-corrected chi connectivity index (χ0v) is 11.2. The van der Waals surface area contributed by atoms with Crippen LogP contribution >= 0.6 is 11.6 Å². The molecule has 0 bridgehead atoms. The van der Waals surface area contributed by atoms with Crippen molar-refractivity contribution in [3.05, 3.63) is 65.3 Å². The number of pyridine rings is 1. The maximum Gasteiger partial charge on any atom is 0.0991 e. The van der Waals surface area contributed by atoms with Gasteiger partial charge in [0.15, 0.2) is 0 Å². The largest absolute Gasteiger partial charge is 0.355 e. The van der Waals surface area contributed by atoms with Crippen molar-refractivity contribution < 1.29 is 0 Å². The summed E-state index contributed by atoms with van der Waals surface area (Å²) in [6.07, 6.45) is 1.75. The number of halogens is 1. The Balaban J connectivity index is 2.01. The van der Waals surface area contributed by atoms with E-state index in [9.17, 15) is 0 Å². The van der Waals surface area contributed by atoms with E-state index in [4.69, 9.17) is 16.9 Å². The van der Waals surface area contributed by atoms with E-state index < -0.39 is 0 Å². The van der Waals surface area contributed by atoms with E-state index in [2.05, 4.69) is 16.4 Å². The molecule has 1 heterocycles. The molecule has 3 rings (SSSR count). The van der Waals surface area contributed by atoms with Gasteiger partial charge in [-0.05, 0) is 48.5 Å². The van der Waals surface area contributed by atoms with E-state index in [0.717, 1.165) is 22.3 Å². The van der Waals surface area contributed by atoms with Crippen molar-refractivity contribution in [3.63, 3.8) is 0 Å². The highest BCUT2D eigenvalue weighted by Gasteiger charge is 2.03. The topological polar surface area (TPSA) is 48.7 Å². The van der Waals surface area contributed by atoms with Crippen molar-refractivity contribution in [2.45, 2.75) is 0 Å². The molecule has 1 aromatic heterocycles. The first kappa shape index (κ1) is 12.5. The number of aromatic nitrogens is 1. The molecule has 20 heavy (non-hydrogen) atoms. The average molecular weight is 280 g/mol. The minimum absolute atomic E-state index is 0.637. The number of benzene rings is 2. The molecule has 0 fully saturated rings. The molecular formula is C16H10ClN3. The normalized spacial score (nSPS) is 10.2. The molecule has 3 aromatic rings. The molecule has 4 heteroatoms. The summed E-state index contributed by atoms with van der Waals surface area (Å²) in [7, 11) is 0. The van der Waals surface area contributed by atoms with E-state index in [1.807, 2.05) is 36.4 Å². The second-order valence-electron chi connectivity index (χ2n) is 4.33. The first-order valence-corrected chi connectivity index (χ1v) is 6.45. The second-order valence-corrected chi connectivity index (χ2v) is 4.77. The zero-order valence-electron chi connectivity index (χ0n) is 10.5. The number of anilines is 2. The van der Waals surface area contributed by atoms with Gasteiger partial charge in [-0.1, -0.05) is 11.6 Å². The first-order valence-electron chi connectivity index (χ1n) is 6.08. The number of rotatable bonds is 2. The first-order chi connectivity index (χ1) is 9.76. The smallest absolute Gasteiger partial charge is 0.0991 e. The molecule has 0 radical (unpaired) electrons. The van der Waals surface area contributed by atoms with Crippen LogP contribution in [-0.4, -0.2) is 4.98 Å². The Bertz CT molecular complexity index is 804. The van der Waals surface area contributed by atoms with E-state index >= 15 is 0 Å². The summed E-state index contributed by atoms with van der Waals surface area (Å²) < 4.78 is 0. The molecule has 0 aliphatic rings. The molecule has 1 N–H and O–H groups in total. The fraction of sp³-hybridized carbons (Fsp3) is 0. The quantitative estimate of drug-likeness (QED) is 0.751. The Hall–Kier alpha value is -2.57. The summed E-state index contributed by atoms with van der Waals surface area (Å²) >= 11 is 6.04. The fourth-order valence-corrected chi connectivity index (χ4v) is 2.18. The van der Waals surface area contributed by atoms with Crippen LogP contribution in [0.1, 0.15) is 5.56 Å². The number of nitrogens with zero attached hydrogens (tertiary/aromatic N) is 2. The third-order valence-corrected chi connectivity index (χ3v) is 3.23. The van der Waals surface area contributed by atoms with Gasteiger partial charge in [0.25, 0.3) is 0 Å². The van der Waals surface area contributed by atoms with Crippen LogP contribution in [0.2, 0.25) is 5.02 Å². The van der Waals surface area contributed by atoms with Gasteiger partial charge in [0.05, 0.1) is 17.1 Å². The minimum atomic E-state index is 0.637. The predicted octanol–water partition coefficient (Wildman–Crippen LogP) is 4.50. The van der Waals surface area contributed by atoms with Gasteiger partial charge in [-0.15, -0.1) is 0 Å². The van der Waals surface area contributed by atoms with Gasteiger partial charge in [0.1, 0.15) is 0 Å². The highest BCUT2D eigenvalue weighted by molar-refractivity contribution is 6.31. The minimum Gasteiger partial charge on any atom is -0.355 e. The number of nitriles is 1. The molecule has 0 unspecified atom stereocenters. The summed E-state index contributed by atoms with van der Waals surface area (Å²) in [4.78, 5) is 4.31. The molecule has 2 aromatic carbocycles. The molecule has 96 valence electrons. The number of nitrogens with one attached hydrogen (secondary N) is 1. The van der Waals surface area contributed by atoms with Gasteiger partial charge in [0.2, 0.25) is 0 Å². The number of hydrogen-bond acceptors (Lipinski definition) is 3. The van der Waals surface area contributed by atoms with E-state index in [1.54, 1.807) is 18.3 Å². The van der Waals surface area contributed by atoms with Crippen LogP contribution in [0, 0.1) is 11.3 Å². The highest BCUT2D eigenvalue weighted by atomic mass is 35.5.